The van der Waals surface area contributed by atoms with Crippen LogP contribution in [0.2, 0.25) is 0 Å². The summed E-state index contributed by atoms with van der Waals surface area (Å²) in [5, 5.41) is 2.63. The van der Waals surface area contributed by atoms with Gasteiger partial charge in [-0.1, -0.05) is 12.1 Å². The van der Waals surface area contributed by atoms with Crippen molar-refractivity contribution >= 4 is 11.6 Å². The molecule has 116 valence electrons. The molecule has 2 rings (SSSR count). The van der Waals surface area contributed by atoms with E-state index in [1.807, 2.05) is 0 Å². The number of rotatable bonds is 4. The van der Waals surface area contributed by atoms with Crippen LogP contribution in [0.4, 0.5) is 18.9 Å². The minimum atomic E-state index is -4.21. The predicted molar refractivity (Wildman–Crippen MR) is 76.1 cm³/mol. The van der Waals surface area contributed by atoms with Crippen LogP contribution in [0.25, 0.3) is 11.4 Å². The molecule has 22 heavy (non-hydrogen) atoms. The number of benzene rings is 1. The van der Waals surface area contributed by atoms with Gasteiger partial charge in [0.2, 0.25) is 5.91 Å². The van der Waals surface area contributed by atoms with Gasteiger partial charge >= 0.3 is 6.18 Å². The molecule has 1 heterocycles. The summed E-state index contributed by atoms with van der Waals surface area (Å²) < 4.78 is 36.8. The van der Waals surface area contributed by atoms with Crippen molar-refractivity contribution in [3.63, 3.8) is 0 Å². The quantitative estimate of drug-likeness (QED) is 0.939. The maximum Gasteiger partial charge on any atom is 0.389 e. The average Bonchev–Trinajstić information content (AvgIpc) is 2.44. The largest absolute Gasteiger partial charge is 0.389 e. The Bertz CT molecular complexity index is 671. The third-order valence-electron chi connectivity index (χ3n) is 2.82. The van der Waals surface area contributed by atoms with Gasteiger partial charge in [0.05, 0.1) is 0 Å². The van der Waals surface area contributed by atoms with Crippen LogP contribution in [0.15, 0.2) is 36.5 Å². The van der Waals surface area contributed by atoms with Crippen LogP contribution in [0.5, 0.6) is 0 Å². The SMILES string of the molecule is CC(=O)Nc1cccc(-c2nccc(CCC(F)(F)F)n2)c1. The van der Waals surface area contributed by atoms with E-state index in [0.717, 1.165) is 0 Å². The highest BCUT2D eigenvalue weighted by Gasteiger charge is 2.26. The van der Waals surface area contributed by atoms with Crippen LogP contribution < -0.4 is 5.32 Å². The molecular weight excluding hydrogens is 295 g/mol. The highest BCUT2D eigenvalue weighted by atomic mass is 19.4. The molecule has 0 radical (unpaired) electrons. The Kier molecular flexibility index (Phi) is 4.75. The number of halogens is 3. The molecule has 1 aromatic heterocycles. The minimum Gasteiger partial charge on any atom is -0.326 e. The van der Waals surface area contributed by atoms with Crippen LogP contribution in [0.1, 0.15) is 19.0 Å². The van der Waals surface area contributed by atoms with E-state index >= 15 is 0 Å². The second-order valence-electron chi connectivity index (χ2n) is 4.75. The van der Waals surface area contributed by atoms with Gasteiger partial charge in [0.15, 0.2) is 5.82 Å². The zero-order chi connectivity index (χ0) is 16.2. The summed E-state index contributed by atoms with van der Waals surface area (Å²) in [7, 11) is 0. The van der Waals surface area contributed by atoms with Gasteiger partial charge in [-0.2, -0.15) is 13.2 Å². The Morgan fingerprint density at radius 1 is 1.27 bits per heavy atom. The fourth-order valence-electron chi connectivity index (χ4n) is 1.88. The molecule has 0 unspecified atom stereocenters. The van der Waals surface area contributed by atoms with Gasteiger partial charge in [0, 0.05) is 36.5 Å². The molecular formula is C15H14F3N3O. The van der Waals surface area contributed by atoms with Crippen molar-refractivity contribution in [2.24, 2.45) is 0 Å². The standard InChI is InChI=1S/C15H14F3N3O/c1-10(22)20-13-4-2-3-11(9-13)14-19-8-6-12(21-14)5-7-15(16,17)18/h2-4,6,8-9H,5,7H2,1H3,(H,20,22). The van der Waals surface area contributed by atoms with Gasteiger partial charge in [0.25, 0.3) is 0 Å². The zero-order valence-electron chi connectivity index (χ0n) is 11.8. The van der Waals surface area contributed by atoms with E-state index in [9.17, 15) is 18.0 Å². The molecule has 0 fully saturated rings. The van der Waals surface area contributed by atoms with E-state index in [0.29, 0.717) is 22.8 Å². The van der Waals surface area contributed by atoms with Gasteiger partial charge < -0.3 is 5.32 Å². The summed E-state index contributed by atoms with van der Waals surface area (Å²) in [6.45, 7) is 1.39. The van der Waals surface area contributed by atoms with E-state index in [2.05, 4.69) is 15.3 Å². The van der Waals surface area contributed by atoms with Crippen molar-refractivity contribution < 1.29 is 18.0 Å². The van der Waals surface area contributed by atoms with Crippen molar-refractivity contribution in [1.82, 2.24) is 9.97 Å². The molecule has 4 nitrogen and oxygen atoms in total. The Morgan fingerprint density at radius 3 is 2.73 bits per heavy atom. The minimum absolute atomic E-state index is 0.190. The van der Waals surface area contributed by atoms with Gasteiger partial charge in [-0.15, -0.1) is 0 Å². The number of aromatic nitrogens is 2. The number of hydrogen-bond donors (Lipinski definition) is 1. The molecule has 0 aliphatic rings. The zero-order valence-corrected chi connectivity index (χ0v) is 11.8. The molecule has 0 saturated carbocycles. The first-order valence-electron chi connectivity index (χ1n) is 6.60. The Hall–Kier alpha value is -2.44. The van der Waals surface area contributed by atoms with Crippen molar-refractivity contribution in [3.8, 4) is 11.4 Å². The van der Waals surface area contributed by atoms with Crippen LogP contribution in [0, 0.1) is 0 Å². The van der Waals surface area contributed by atoms with Crippen molar-refractivity contribution in [1.29, 1.82) is 0 Å². The van der Waals surface area contributed by atoms with Crippen LogP contribution in [0.3, 0.4) is 0 Å². The summed E-state index contributed by atoms with van der Waals surface area (Å²) >= 11 is 0. The predicted octanol–water partition coefficient (Wildman–Crippen LogP) is 3.60. The average molecular weight is 309 g/mol. The molecule has 1 aromatic carbocycles. The number of anilines is 1. The number of aryl methyl sites for hydroxylation is 1. The van der Waals surface area contributed by atoms with Crippen molar-refractivity contribution in [2.75, 3.05) is 5.32 Å². The summed E-state index contributed by atoms with van der Waals surface area (Å²) in [5.74, 6) is 0.115. The first kappa shape index (κ1) is 15.9. The van der Waals surface area contributed by atoms with Crippen molar-refractivity contribution in [2.45, 2.75) is 25.9 Å². The van der Waals surface area contributed by atoms with E-state index < -0.39 is 12.6 Å². The highest BCUT2D eigenvalue weighted by molar-refractivity contribution is 5.89. The lowest BCUT2D eigenvalue weighted by Gasteiger charge is -2.08. The number of carbonyl (C=O) groups is 1. The number of amides is 1. The number of hydrogen-bond acceptors (Lipinski definition) is 3. The summed E-state index contributed by atoms with van der Waals surface area (Å²) in [6.07, 6.45) is -3.89. The molecule has 0 aliphatic carbocycles. The lowest BCUT2D eigenvalue weighted by Crippen LogP contribution is -2.09. The van der Waals surface area contributed by atoms with Crippen molar-refractivity contribution in [3.05, 3.63) is 42.2 Å². The molecule has 7 heteroatoms. The summed E-state index contributed by atoms with van der Waals surface area (Å²) in [4.78, 5) is 19.3. The third-order valence-corrected chi connectivity index (χ3v) is 2.82. The Balaban J connectivity index is 2.20. The molecule has 1 amide bonds. The van der Waals surface area contributed by atoms with E-state index in [1.165, 1.54) is 19.2 Å². The van der Waals surface area contributed by atoms with E-state index in [-0.39, 0.29) is 12.3 Å². The summed E-state index contributed by atoms with van der Waals surface area (Å²) in [6, 6.07) is 8.29. The molecule has 0 aliphatic heterocycles. The topological polar surface area (TPSA) is 54.9 Å². The number of nitrogens with zero attached hydrogens (tertiary/aromatic N) is 2. The molecule has 1 N–H and O–H groups in total. The first-order valence-corrected chi connectivity index (χ1v) is 6.60. The second-order valence-corrected chi connectivity index (χ2v) is 4.75. The fourth-order valence-corrected chi connectivity index (χ4v) is 1.88. The summed E-state index contributed by atoms with van der Waals surface area (Å²) in [5.41, 5.74) is 1.53. The van der Waals surface area contributed by atoms with Gasteiger partial charge in [0.1, 0.15) is 0 Å². The van der Waals surface area contributed by atoms with Gasteiger partial charge in [-0.05, 0) is 24.6 Å². The Morgan fingerprint density at radius 2 is 2.05 bits per heavy atom. The molecule has 2 aromatic rings. The van der Waals surface area contributed by atoms with Crippen LogP contribution in [-0.2, 0) is 11.2 Å². The van der Waals surface area contributed by atoms with Crippen LogP contribution in [-0.4, -0.2) is 22.1 Å². The van der Waals surface area contributed by atoms with Gasteiger partial charge in [-0.25, -0.2) is 9.97 Å². The number of alkyl halides is 3. The van der Waals surface area contributed by atoms with Gasteiger partial charge in [-0.3, -0.25) is 4.79 Å². The maximum absolute atomic E-state index is 12.3. The monoisotopic (exact) mass is 309 g/mol. The van der Waals surface area contributed by atoms with E-state index in [4.69, 9.17) is 0 Å². The van der Waals surface area contributed by atoms with Crippen LogP contribution >= 0.6 is 0 Å². The smallest absolute Gasteiger partial charge is 0.326 e. The molecule has 0 saturated heterocycles. The first-order chi connectivity index (χ1) is 10.3. The molecule has 0 spiro atoms. The lowest BCUT2D eigenvalue weighted by atomic mass is 10.1. The number of carbonyl (C=O) groups excluding carboxylic acids is 1. The Labute approximate surface area is 125 Å². The fraction of sp³-hybridized carbons (Fsp3) is 0.267. The van der Waals surface area contributed by atoms with E-state index in [1.54, 1.807) is 24.3 Å². The number of nitrogens with one attached hydrogen (secondary N) is 1. The maximum atomic E-state index is 12.3. The molecule has 0 bridgehead atoms. The normalized spacial score (nSPS) is 11.3. The third kappa shape index (κ3) is 4.83. The molecule has 0 atom stereocenters. The second kappa shape index (κ2) is 6.55. The highest BCUT2D eigenvalue weighted by Crippen LogP contribution is 2.23. The lowest BCUT2D eigenvalue weighted by molar-refractivity contribution is -0.134.